The van der Waals surface area contributed by atoms with E-state index in [0.29, 0.717) is 6.54 Å². The van der Waals surface area contributed by atoms with Crippen LogP contribution in [0.5, 0.6) is 0 Å². The topological polar surface area (TPSA) is 130 Å². The van der Waals surface area contributed by atoms with Crippen molar-refractivity contribution in [1.82, 2.24) is 10.2 Å². The first-order chi connectivity index (χ1) is 21.1. The fraction of sp³-hybridized carbons (Fsp3) is 0.212. The third kappa shape index (κ3) is 7.87. The Bertz CT molecular complexity index is 1700. The predicted molar refractivity (Wildman–Crippen MR) is 168 cm³/mol. The number of nitro benzene ring substituents is 1. The SMILES string of the molecule is CCNC(=O)[C@H](Cc1ccccc1)N(Cc1ccc(C)cc1)C(=O)CN(c1cccc([N+](=O)[O-])c1)S(=O)(=O)c1ccccc1. The van der Waals surface area contributed by atoms with Gasteiger partial charge in [-0.25, -0.2) is 8.42 Å². The van der Waals surface area contributed by atoms with Gasteiger partial charge in [0.1, 0.15) is 12.6 Å². The maximum absolute atomic E-state index is 14.3. The molecule has 0 bridgehead atoms. The van der Waals surface area contributed by atoms with E-state index in [2.05, 4.69) is 5.32 Å². The highest BCUT2D eigenvalue weighted by molar-refractivity contribution is 7.92. The van der Waals surface area contributed by atoms with Crippen LogP contribution in [0.15, 0.2) is 114 Å². The van der Waals surface area contributed by atoms with E-state index in [-0.39, 0.29) is 35.1 Å². The number of nitro groups is 1. The van der Waals surface area contributed by atoms with Crippen LogP contribution >= 0.6 is 0 Å². The Kier molecular flexibility index (Phi) is 10.5. The van der Waals surface area contributed by atoms with Crippen molar-refractivity contribution in [3.63, 3.8) is 0 Å². The van der Waals surface area contributed by atoms with E-state index >= 15 is 0 Å². The van der Waals surface area contributed by atoms with Crippen LogP contribution in [-0.4, -0.2) is 49.2 Å². The van der Waals surface area contributed by atoms with Crippen molar-refractivity contribution in [2.75, 3.05) is 17.4 Å². The van der Waals surface area contributed by atoms with Gasteiger partial charge in [-0.05, 0) is 43.2 Å². The maximum atomic E-state index is 14.3. The van der Waals surface area contributed by atoms with Crippen LogP contribution in [0.2, 0.25) is 0 Å². The van der Waals surface area contributed by atoms with Crippen molar-refractivity contribution in [3.8, 4) is 0 Å². The molecule has 4 rings (SSSR count). The molecule has 228 valence electrons. The van der Waals surface area contributed by atoms with Crippen LogP contribution in [0.25, 0.3) is 0 Å². The Balaban J connectivity index is 1.81. The summed E-state index contributed by atoms with van der Waals surface area (Å²) in [5, 5.41) is 14.4. The van der Waals surface area contributed by atoms with Gasteiger partial charge in [0.2, 0.25) is 11.8 Å². The number of nitrogens with one attached hydrogen (secondary N) is 1. The van der Waals surface area contributed by atoms with E-state index in [4.69, 9.17) is 0 Å². The molecule has 0 aliphatic carbocycles. The molecule has 0 spiro atoms. The molecule has 1 N–H and O–H groups in total. The molecule has 44 heavy (non-hydrogen) atoms. The minimum absolute atomic E-state index is 0.0297. The lowest BCUT2D eigenvalue weighted by Gasteiger charge is -2.33. The Hall–Kier alpha value is -5.03. The number of aryl methyl sites for hydroxylation is 1. The molecule has 0 radical (unpaired) electrons. The average Bonchev–Trinajstić information content (AvgIpc) is 3.03. The monoisotopic (exact) mass is 614 g/mol. The number of carbonyl (C=O) groups excluding carboxylic acids is 2. The molecular weight excluding hydrogens is 580 g/mol. The summed E-state index contributed by atoms with van der Waals surface area (Å²) in [5.74, 6) is -1.03. The summed E-state index contributed by atoms with van der Waals surface area (Å²) in [6.07, 6.45) is 0.187. The number of anilines is 1. The highest BCUT2D eigenvalue weighted by atomic mass is 32.2. The second-order valence-electron chi connectivity index (χ2n) is 10.2. The summed E-state index contributed by atoms with van der Waals surface area (Å²) >= 11 is 0. The van der Waals surface area contributed by atoms with E-state index in [1.165, 1.54) is 35.2 Å². The summed E-state index contributed by atoms with van der Waals surface area (Å²) in [4.78, 5) is 40.1. The number of rotatable bonds is 13. The van der Waals surface area contributed by atoms with Gasteiger partial charge in [0.25, 0.3) is 15.7 Å². The number of sulfonamides is 1. The quantitative estimate of drug-likeness (QED) is 0.169. The van der Waals surface area contributed by atoms with Crippen molar-refractivity contribution in [2.24, 2.45) is 0 Å². The molecule has 11 heteroatoms. The minimum atomic E-state index is -4.36. The molecule has 4 aromatic carbocycles. The number of amides is 2. The molecule has 0 fully saturated rings. The Morgan fingerprint density at radius 3 is 2.11 bits per heavy atom. The first kappa shape index (κ1) is 31.9. The van der Waals surface area contributed by atoms with Crippen molar-refractivity contribution in [3.05, 3.63) is 136 Å². The molecule has 0 aliphatic heterocycles. The number of carbonyl (C=O) groups is 2. The standard InChI is InChI=1S/C33H34N4O6S/c1-3-34-33(39)31(21-26-11-6-4-7-12-26)35(23-27-19-17-25(2)18-20-27)32(38)24-36(28-13-10-14-29(22-28)37(40)41)44(42,43)30-15-8-5-9-16-30/h4-20,22,31H,3,21,23-24H2,1-2H3,(H,34,39)/t31-/m0/s1. The number of nitrogens with zero attached hydrogens (tertiary/aromatic N) is 3. The van der Waals surface area contributed by atoms with E-state index in [9.17, 15) is 28.1 Å². The van der Waals surface area contributed by atoms with Crippen molar-refractivity contribution in [1.29, 1.82) is 0 Å². The number of benzene rings is 4. The van der Waals surface area contributed by atoms with Crippen LogP contribution in [0.3, 0.4) is 0 Å². The van der Waals surface area contributed by atoms with Gasteiger partial charge in [-0.2, -0.15) is 0 Å². The second-order valence-corrected chi connectivity index (χ2v) is 12.1. The molecule has 0 aliphatic rings. The van der Waals surface area contributed by atoms with Gasteiger partial charge < -0.3 is 10.2 Å². The smallest absolute Gasteiger partial charge is 0.271 e. The molecule has 1 atom stereocenters. The Labute approximate surface area is 257 Å². The highest BCUT2D eigenvalue weighted by Gasteiger charge is 2.34. The summed E-state index contributed by atoms with van der Waals surface area (Å²) in [6.45, 7) is 3.38. The van der Waals surface area contributed by atoms with Gasteiger partial charge in [0.15, 0.2) is 0 Å². The fourth-order valence-corrected chi connectivity index (χ4v) is 6.17. The third-order valence-corrected chi connectivity index (χ3v) is 8.82. The van der Waals surface area contributed by atoms with Crippen molar-refractivity contribution in [2.45, 2.75) is 37.8 Å². The second kappa shape index (κ2) is 14.4. The van der Waals surface area contributed by atoms with Gasteiger partial charge in [0, 0.05) is 31.6 Å². The van der Waals surface area contributed by atoms with Gasteiger partial charge >= 0.3 is 0 Å². The zero-order chi connectivity index (χ0) is 31.7. The zero-order valence-electron chi connectivity index (χ0n) is 24.5. The van der Waals surface area contributed by atoms with Crippen LogP contribution < -0.4 is 9.62 Å². The highest BCUT2D eigenvalue weighted by Crippen LogP contribution is 2.28. The minimum Gasteiger partial charge on any atom is -0.355 e. The maximum Gasteiger partial charge on any atom is 0.271 e. The average molecular weight is 615 g/mol. The molecule has 2 amide bonds. The van der Waals surface area contributed by atoms with E-state index in [0.717, 1.165) is 27.1 Å². The molecular formula is C33H34N4O6S. The molecule has 0 unspecified atom stereocenters. The molecule has 10 nitrogen and oxygen atoms in total. The summed E-state index contributed by atoms with van der Waals surface area (Å²) in [7, 11) is -4.36. The largest absolute Gasteiger partial charge is 0.355 e. The molecule has 4 aromatic rings. The summed E-state index contributed by atoms with van der Waals surface area (Å²) < 4.78 is 28.8. The van der Waals surface area contributed by atoms with Crippen LogP contribution in [-0.2, 0) is 32.6 Å². The summed E-state index contributed by atoms with van der Waals surface area (Å²) in [6, 6.07) is 28.4. The fourth-order valence-electron chi connectivity index (χ4n) is 4.75. The van der Waals surface area contributed by atoms with Crippen LogP contribution in [0.4, 0.5) is 11.4 Å². The van der Waals surface area contributed by atoms with Gasteiger partial charge in [-0.1, -0.05) is 84.4 Å². The molecule has 0 saturated heterocycles. The van der Waals surface area contributed by atoms with Crippen LogP contribution in [0, 0.1) is 17.0 Å². The number of non-ortho nitro benzene ring substituents is 1. The van der Waals surface area contributed by atoms with E-state index < -0.39 is 33.4 Å². The Morgan fingerprint density at radius 1 is 0.864 bits per heavy atom. The molecule has 0 heterocycles. The number of hydrogen-bond acceptors (Lipinski definition) is 6. The van der Waals surface area contributed by atoms with Gasteiger partial charge in [0.05, 0.1) is 15.5 Å². The van der Waals surface area contributed by atoms with Gasteiger partial charge in [-0.15, -0.1) is 0 Å². The van der Waals surface area contributed by atoms with E-state index in [1.807, 2.05) is 61.5 Å². The van der Waals surface area contributed by atoms with Crippen LogP contribution in [0.1, 0.15) is 23.6 Å². The Morgan fingerprint density at radius 2 is 1.50 bits per heavy atom. The lowest BCUT2D eigenvalue weighted by molar-refractivity contribution is -0.384. The van der Waals surface area contributed by atoms with Crippen molar-refractivity contribution >= 4 is 33.2 Å². The first-order valence-electron chi connectivity index (χ1n) is 14.1. The molecule has 0 saturated carbocycles. The first-order valence-corrected chi connectivity index (χ1v) is 15.5. The predicted octanol–water partition coefficient (Wildman–Crippen LogP) is 4.87. The third-order valence-electron chi connectivity index (χ3n) is 7.03. The van der Waals surface area contributed by atoms with Crippen molar-refractivity contribution < 1.29 is 22.9 Å². The van der Waals surface area contributed by atoms with E-state index in [1.54, 1.807) is 25.1 Å². The lowest BCUT2D eigenvalue weighted by atomic mass is 10.0. The number of likely N-dealkylation sites (N-methyl/N-ethyl adjacent to an activating group) is 1. The normalized spacial score (nSPS) is 11.8. The zero-order valence-corrected chi connectivity index (χ0v) is 25.3. The molecule has 0 aromatic heterocycles. The summed E-state index contributed by atoms with van der Waals surface area (Å²) in [5.41, 5.74) is 2.20. The van der Waals surface area contributed by atoms with Gasteiger partial charge in [-0.3, -0.25) is 24.0 Å². The lowest BCUT2D eigenvalue weighted by Crippen LogP contribution is -2.53. The number of hydrogen-bond donors (Lipinski definition) is 1.